The summed E-state index contributed by atoms with van der Waals surface area (Å²) in [4.78, 5) is 14.8. The van der Waals surface area contributed by atoms with E-state index in [0.29, 0.717) is 5.82 Å². The summed E-state index contributed by atoms with van der Waals surface area (Å²) >= 11 is 0. The molecular weight excluding hydrogens is 667 g/mol. The largest absolute Gasteiger partial charge is 0.264 e. The van der Waals surface area contributed by atoms with E-state index in [2.05, 4.69) is 177 Å². The number of hydrogen-bond acceptors (Lipinski definition) is 3. The van der Waals surface area contributed by atoms with Gasteiger partial charge in [-0.2, -0.15) is 0 Å². The molecule has 11 rings (SSSR count). The van der Waals surface area contributed by atoms with Crippen LogP contribution < -0.4 is 0 Å². The summed E-state index contributed by atoms with van der Waals surface area (Å²) in [5, 5.41) is 7.77. The van der Waals surface area contributed by atoms with Crippen LogP contribution in [-0.2, 0) is 5.41 Å². The van der Waals surface area contributed by atoms with Crippen molar-refractivity contribution in [3.05, 3.63) is 187 Å². The van der Waals surface area contributed by atoms with Gasteiger partial charge in [0.25, 0.3) is 0 Å². The van der Waals surface area contributed by atoms with Crippen molar-refractivity contribution in [3.63, 3.8) is 0 Å². The molecule has 8 aromatic carbocycles. The van der Waals surface area contributed by atoms with E-state index in [1.807, 2.05) is 12.3 Å². The highest BCUT2D eigenvalue weighted by Crippen LogP contribution is 2.49. The Morgan fingerprint density at radius 2 is 1.02 bits per heavy atom. The van der Waals surface area contributed by atoms with Crippen LogP contribution in [0, 0.1) is 0 Å². The molecule has 0 amide bonds. The van der Waals surface area contributed by atoms with Crippen LogP contribution in [0.15, 0.2) is 176 Å². The Hall–Kier alpha value is -6.97. The van der Waals surface area contributed by atoms with Gasteiger partial charge in [-0.15, -0.1) is 0 Å². The Morgan fingerprint density at radius 3 is 1.80 bits per heavy atom. The lowest BCUT2D eigenvalue weighted by Gasteiger charge is -2.22. The second kappa shape index (κ2) is 12.0. The predicted octanol–water partition coefficient (Wildman–Crippen LogP) is 13.4. The van der Waals surface area contributed by atoms with Crippen LogP contribution in [0.1, 0.15) is 25.0 Å². The highest BCUT2D eigenvalue weighted by molar-refractivity contribution is 6.25. The third-order valence-corrected chi connectivity index (χ3v) is 11.8. The second-order valence-electron chi connectivity index (χ2n) is 15.3. The van der Waals surface area contributed by atoms with Gasteiger partial charge in [0, 0.05) is 34.5 Å². The molecule has 1 aliphatic carbocycles. The van der Waals surface area contributed by atoms with Crippen molar-refractivity contribution in [1.29, 1.82) is 0 Å². The fourth-order valence-corrected chi connectivity index (χ4v) is 8.89. The smallest absolute Gasteiger partial charge is 0.160 e. The van der Waals surface area contributed by atoms with Crippen LogP contribution in [0.2, 0.25) is 0 Å². The molecule has 55 heavy (non-hydrogen) atoms. The number of rotatable bonds is 5. The summed E-state index contributed by atoms with van der Waals surface area (Å²) in [6.07, 6.45) is 3.69. The first kappa shape index (κ1) is 31.5. The monoisotopic (exact) mass is 701 g/mol. The van der Waals surface area contributed by atoms with Crippen LogP contribution in [-0.4, -0.2) is 15.0 Å². The number of aromatic nitrogens is 3. The molecule has 0 fully saturated rings. The summed E-state index contributed by atoms with van der Waals surface area (Å²) in [7, 11) is 0. The Morgan fingerprint density at radius 1 is 0.400 bits per heavy atom. The van der Waals surface area contributed by atoms with Gasteiger partial charge >= 0.3 is 0 Å². The van der Waals surface area contributed by atoms with Gasteiger partial charge in [0.1, 0.15) is 0 Å². The zero-order valence-corrected chi connectivity index (χ0v) is 30.6. The van der Waals surface area contributed by atoms with E-state index in [1.165, 1.54) is 65.7 Å². The summed E-state index contributed by atoms with van der Waals surface area (Å²) in [5.41, 5.74) is 14.7. The lowest BCUT2D eigenvalue weighted by Crippen LogP contribution is -2.14. The third kappa shape index (κ3) is 5.01. The maximum atomic E-state index is 5.24. The van der Waals surface area contributed by atoms with Crippen molar-refractivity contribution in [1.82, 2.24) is 15.0 Å². The van der Waals surface area contributed by atoms with Gasteiger partial charge in [0.05, 0.1) is 11.4 Å². The number of pyridine rings is 1. The molecule has 2 aromatic heterocycles. The Bertz CT molecular complexity index is 3070. The highest BCUT2D eigenvalue weighted by Gasteiger charge is 2.35. The molecular formula is C52H35N3. The Labute approximate surface area is 320 Å². The molecule has 0 spiro atoms. The number of nitrogens with zero attached hydrogens (tertiary/aromatic N) is 3. The maximum absolute atomic E-state index is 5.24. The van der Waals surface area contributed by atoms with E-state index in [4.69, 9.17) is 9.97 Å². The molecule has 0 unspecified atom stereocenters. The van der Waals surface area contributed by atoms with Crippen molar-refractivity contribution >= 4 is 32.3 Å². The van der Waals surface area contributed by atoms with Crippen molar-refractivity contribution in [3.8, 4) is 67.3 Å². The number of benzene rings is 8. The normalized spacial score (nSPS) is 13.1. The minimum Gasteiger partial charge on any atom is -0.264 e. The first-order valence-electron chi connectivity index (χ1n) is 18.9. The third-order valence-electron chi connectivity index (χ3n) is 11.8. The molecule has 1 aliphatic rings. The van der Waals surface area contributed by atoms with Gasteiger partial charge in [0.2, 0.25) is 0 Å². The highest BCUT2D eigenvalue weighted by atomic mass is 14.9. The molecule has 0 atom stereocenters. The van der Waals surface area contributed by atoms with Crippen LogP contribution in [0.5, 0.6) is 0 Å². The van der Waals surface area contributed by atoms with Crippen molar-refractivity contribution in [2.45, 2.75) is 19.3 Å². The Balaban J connectivity index is 1.03. The SMILES string of the molecule is CC1(C)c2ccccc2-c2ccc(-c3cc(-c4ccc(-c5ccc6ccc7cccc8ccc5c6c78)cc4)nc(-c4ccc(-c5cccnc5)cc4)n3)cc21. The summed E-state index contributed by atoms with van der Waals surface area (Å²) in [6, 6.07) is 59.3. The minimum atomic E-state index is -0.107. The predicted molar refractivity (Wildman–Crippen MR) is 228 cm³/mol. The molecule has 2 heterocycles. The van der Waals surface area contributed by atoms with Gasteiger partial charge in [-0.05, 0) is 95.0 Å². The first-order chi connectivity index (χ1) is 27.0. The molecule has 0 radical (unpaired) electrons. The topological polar surface area (TPSA) is 38.7 Å². The Kier molecular flexibility index (Phi) is 6.90. The maximum Gasteiger partial charge on any atom is 0.160 e. The quantitative estimate of drug-likeness (QED) is 0.168. The molecule has 10 aromatic rings. The molecule has 0 aliphatic heterocycles. The summed E-state index contributed by atoms with van der Waals surface area (Å²) < 4.78 is 0. The fourth-order valence-electron chi connectivity index (χ4n) is 8.89. The van der Waals surface area contributed by atoms with Crippen molar-refractivity contribution < 1.29 is 0 Å². The van der Waals surface area contributed by atoms with Gasteiger partial charge in [-0.25, -0.2) is 9.97 Å². The van der Waals surface area contributed by atoms with E-state index in [1.54, 1.807) is 6.20 Å². The van der Waals surface area contributed by atoms with Gasteiger partial charge in [0.15, 0.2) is 5.82 Å². The van der Waals surface area contributed by atoms with Gasteiger partial charge < -0.3 is 0 Å². The zero-order valence-electron chi connectivity index (χ0n) is 30.6. The van der Waals surface area contributed by atoms with E-state index in [9.17, 15) is 0 Å². The fraction of sp³-hybridized carbons (Fsp3) is 0.0577. The average molecular weight is 702 g/mol. The van der Waals surface area contributed by atoms with E-state index in [-0.39, 0.29) is 5.41 Å². The zero-order chi connectivity index (χ0) is 36.7. The van der Waals surface area contributed by atoms with Crippen LogP contribution in [0.4, 0.5) is 0 Å². The molecule has 0 bridgehead atoms. The minimum absolute atomic E-state index is 0.107. The molecule has 0 saturated carbocycles. The molecule has 0 saturated heterocycles. The molecule has 258 valence electrons. The summed E-state index contributed by atoms with van der Waals surface area (Å²) in [6.45, 7) is 4.65. The van der Waals surface area contributed by atoms with Gasteiger partial charge in [-0.1, -0.05) is 159 Å². The first-order valence-corrected chi connectivity index (χ1v) is 18.9. The molecule has 3 nitrogen and oxygen atoms in total. The number of hydrogen-bond donors (Lipinski definition) is 0. The van der Waals surface area contributed by atoms with Crippen LogP contribution in [0.3, 0.4) is 0 Å². The molecule has 0 N–H and O–H groups in total. The van der Waals surface area contributed by atoms with Crippen molar-refractivity contribution in [2.24, 2.45) is 0 Å². The van der Waals surface area contributed by atoms with E-state index >= 15 is 0 Å². The lowest BCUT2D eigenvalue weighted by atomic mass is 9.82. The van der Waals surface area contributed by atoms with E-state index in [0.717, 1.165) is 39.2 Å². The van der Waals surface area contributed by atoms with Gasteiger partial charge in [-0.3, -0.25) is 4.98 Å². The standard InChI is InChI=1S/C52H35N3/c1-52(2)45-11-4-3-10-42(45)43-26-24-39(29-46(43)52)48-30-47(54-51(55-48)38-20-12-32(13-21-38)40-9-6-28-53-31-40)34-16-14-33(15-17-34)41-25-22-37-19-18-35-7-5-8-36-23-27-44(41)50(37)49(35)36/h3-31H,1-2H3. The lowest BCUT2D eigenvalue weighted by molar-refractivity contribution is 0.660. The van der Waals surface area contributed by atoms with Crippen molar-refractivity contribution in [2.75, 3.05) is 0 Å². The molecule has 3 heteroatoms. The van der Waals surface area contributed by atoms with Crippen LogP contribution >= 0.6 is 0 Å². The number of fused-ring (bicyclic) bond motifs is 3. The second-order valence-corrected chi connectivity index (χ2v) is 15.3. The average Bonchev–Trinajstić information content (AvgIpc) is 3.48. The van der Waals surface area contributed by atoms with Crippen LogP contribution in [0.25, 0.3) is 99.6 Å². The van der Waals surface area contributed by atoms with E-state index < -0.39 is 0 Å². The summed E-state index contributed by atoms with van der Waals surface area (Å²) in [5.74, 6) is 0.698.